The van der Waals surface area contributed by atoms with Crippen LogP contribution in [0.15, 0.2) is 36.4 Å². The molecule has 17 heavy (non-hydrogen) atoms. The fourth-order valence-electron chi connectivity index (χ4n) is 1.68. The first-order valence-corrected chi connectivity index (χ1v) is 4.92. The first-order valence-electron chi connectivity index (χ1n) is 4.92. The van der Waals surface area contributed by atoms with Gasteiger partial charge in [0.1, 0.15) is 5.75 Å². The molecular formula is C11H9BF2O3. The van der Waals surface area contributed by atoms with Crippen LogP contribution in [0.5, 0.6) is 5.75 Å². The minimum Gasteiger partial charge on any atom is -0.435 e. The molecule has 0 bridgehead atoms. The second kappa shape index (κ2) is 4.69. The van der Waals surface area contributed by atoms with Crippen molar-refractivity contribution in [2.75, 3.05) is 0 Å². The van der Waals surface area contributed by atoms with Crippen LogP contribution in [0.2, 0.25) is 0 Å². The van der Waals surface area contributed by atoms with Crippen molar-refractivity contribution < 1.29 is 23.6 Å². The second-order valence-electron chi connectivity index (χ2n) is 3.46. The molecule has 0 saturated carbocycles. The highest BCUT2D eigenvalue weighted by Crippen LogP contribution is 2.25. The molecule has 0 aliphatic rings. The lowest BCUT2D eigenvalue weighted by Gasteiger charge is -2.13. The average molecular weight is 238 g/mol. The van der Waals surface area contributed by atoms with Gasteiger partial charge in [-0.25, -0.2) is 0 Å². The number of hydrogen-bond donors (Lipinski definition) is 2. The van der Waals surface area contributed by atoms with Crippen molar-refractivity contribution in [2.24, 2.45) is 0 Å². The van der Waals surface area contributed by atoms with Crippen molar-refractivity contribution in [1.82, 2.24) is 0 Å². The van der Waals surface area contributed by atoms with Gasteiger partial charge in [0.25, 0.3) is 0 Å². The highest BCUT2D eigenvalue weighted by molar-refractivity contribution is 6.60. The maximum Gasteiger partial charge on any atom is 0.492 e. The maximum absolute atomic E-state index is 12.3. The molecule has 0 amide bonds. The van der Waals surface area contributed by atoms with Gasteiger partial charge in [-0.05, 0) is 5.39 Å². The molecule has 88 valence electrons. The minimum absolute atomic E-state index is 0.0796. The van der Waals surface area contributed by atoms with E-state index in [9.17, 15) is 8.78 Å². The molecule has 0 aliphatic carbocycles. The van der Waals surface area contributed by atoms with E-state index >= 15 is 0 Å². The molecule has 0 aliphatic heterocycles. The van der Waals surface area contributed by atoms with Crippen LogP contribution in [0.4, 0.5) is 8.78 Å². The summed E-state index contributed by atoms with van der Waals surface area (Å²) < 4.78 is 29.0. The molecule has 0 heterocycles. The maximum atomic E-state index is 12.3. The van der Waals surface area contributed by atoms with Crippen LogP contribution in [-0.2, 0) is 0 Å². The first-order chi connectivity index (χ1) is 8.09. The first kappa shape index (κ1) is 11.8. The van der Waals surface area contributed by atoms with Crippen molar-refractivity contribution in [3.05, 3.63) is 36.4 Å². The molecule has 0 spiro atoms. The van der Waals surface area contributed by atoms with E-state index in [1.807, 2.05) is 0 Å². The molecule has 0 fully saturated rings. The van der Waals surface area contributed by atoms with Crippen molar-refractivity contribution in [2.45, 2.75) is 6.61 Å². The van der Waals surface area contributed by atoms with E-state index in [-0.39, 0.29) is 11.2 Å². The molecule has 2 aromatic carbocycles. The van der Waals surface area contributed by atoms with Gasteiger partial charge in [0.05, 0.1) is 0 Å². The molecule has 0 radical (unpaired) electrons. The summed E-state index contributed by atoms with van der Waals surface area (Å²) in [7, 11) is -1.85. The van der Waals surface area contributed by atoms with Crippen molar-refractivity contribution in [3.8, 4) is 5.75 Å². The Kier molecular flexibility index (Phi) is 3.26. The molecule has 2 N–H and O–H groups in total. The lowest BCUT2D eigenvalue weighted by molar-refractivity contribution is -0.0482. The Morgan fingerprint density at radius 2 is 1.76 bits per heavy atom. The number of benzene rings is 2. The lowest BCUT2D eigenvalue weighted by Crippen LogP contribution is -2.32. The number of rotatable bonds is 3. The summed E-state index contributed by atoms with van der Waals surface area (Å²) in [5, 5.41) is 19.3. The van der Waals surface area contributed by atoms with Gasteiger partial charge in [-0.2, -0.15) is 8.78 Å². The summed E-state index contributed by atoms with van der Waals surface area (Å²) in [4.78, 5) is 0. The van der Waals surface area contributed by atoms with Crippen LogP contribution >= 0.6 is 0 Å². The van der Waals surface area contributed by atoms with E-state index in [1.165, 1.54) is 6.07 Å². The highest BCUT2D eigenvalue weighted by atomic mass is 19.3. The lowest BCUT2D eigenvalue weighted by atomic mass is 9.78. The van der Waals surface area contributed by atoms with Crippen LogP contribution in [-0.4, -0.2) is 23.8 Å². The Labute approximate surface area is 96.4 Å². The van der Waals surface area contributed by atoms with Gasteiger partial charge >= 0.3 is 13.7 Å². The Hall–Kier alpha value is -1.66. The molecule has 2 aromatic rings. The third kappa shape index (κ3) is 2.37. The number of alkyl halides is 2. The molecule has 6 heteroatoms. The summed E-state index contributed by atoms with van der Waals surface area (Å²) in [6.45, 7) is -3.02. The number of halogens is 2. The van der Waals surface area contributed by atoms with E-state index < -0.39 is 13.7 Å². The summed E-state index contributed by atoms with van der Waals surface area (Å²) in [5.74, 6) is -0.201. The summed E-state index contributed by atoms with van der Waals surface area (Å²) >= 11 is 0. The van der Waals surface area contributed by atoms with Crippen LogP contribution in [0.25, 0.3) is 10.8 Å². The standard InChI is InChI=1S/C11H9BF2O3/c13-11(14)17-10-8-4-2-1-3-7(8)5-6-9(10)12(15)16/h1-6,11,15-16H. The smallest absolute Gasteiger partial charge is 0.435 e. The predicted molar refractivity (Wildman–Crippen MR) is 60.4 cm³/mol. The molecular weight excluding hydrogens is 229 g/mol. The molecule has 3 nitrogen and oxygen atoms in total. The predicted octanol–water partition coefficient (Wildman–Crippen LogP) is 1.12. The van der Waals surface area contributed by atoms with Crippen molar-refractivity contribution in [3.63, 3.8) is 0 Å². The normalized spacial score (nSPS) is 10.9. The van der Waals surface area contributed by atoms with Gasteiger partial charge < -0.3 is 14.8 Å². The van der Waals surface area contributed by atoms with Crippen molar-refractivity contribution in [1.29, 1.82) is 0 Å². The third-order valence-electron chi connectivity index (χ3n) is 2.40. The Balaban J connectivity index is 2.66. The molecule has 2 rings (SSSR count). The van der Waals surface area contributed by atoms with E-state index in [0.29, 0.717) is 10.8 Å². The zero-order valence-electron chi connectivity index (χ0n) is 8.68. The summed E-state index contributed by atoms with van der Waals surface area (Å²) in [5.41, 5.74) is -0.0796. The SMILES string of the molecule is OB(O)c1ccc2ccccc2c1OC(F)F. The molecule has 0 unspecified atom stereocenters. The van der Waals surface area contributed by atoms with Gasteiger partial charge in [0.2, 0.25) is 0 Å². The zero-order chi connectivity index (χ0) is 12.4. The monoisotopic (exact) mass is 238 g/mol. The fraction of sp³-hybridized carbons (Fsp3) is 0.0909. The van der Waals surface area contributed by atoms with Gasteiger partial charge in [0, 0.05) is 10.8 Å². The topological polar surface area (TPSA) is 49.7 Å². The second-order valence-corrected chi connectivity index (χ2v) is 3.46. The summed E-state index contributed by atoms with van der Waals surface area (Å²) in [6, 6.07) is 9.69. The average Bonchev–Trinajstić information content (AvgIpc) is 2.28. The van der Waals surface area contributed by atoms with Gasteiger partial charge in [-0.1, -0.05) is 36.4 Å². The van der Waals surface area contributed by atoms with Crippen LogP contribution in [0.1, 0.15) is 0 Å². The quantitative estimate of drug-likeness (QED) is 0.787. The Morgan fingerprint density at radius 3 is 2.41 bits per heavy atom. The molecule has 0 aromatic heterocycles. The Morgan fingerprint density at radius 1 is 1.06 bits per heavy atom. The number of fused-ring (bicyclic) bond motifs is 1. The van der Waals surface area contributed by atoms with E-state index in [0.717, 1.165) is 0 Å². The van der Waals surface area contributed by atoms with E-state index in [2.05, 4.69) is 4.74 Å². The minimum atomic E-state index is -3.02. The molecule has 0 atom stereocenters. The van der Waals surface area contributed by atoms with Gasteiger partial charge in [-0.15, -0.1) is 0 Å². The summed E-state index contributed by atoms with van der Waals surface area (Å²) in [6.07, 6.45) is 0. The van der Waals surface area contributed by atoms with Crippen molar-refractivity contribution >= 4 is 23.4 Å². The number of ether oxygens (including phenoxy) is 1. The fourth-order valence-corrected chi connectivity index (χ4v) is 1.68. The van der Waals surface area contributed by atoms with E-state index in [1.54, 1.807) is 30.3 Å². The van der Waals surface area contributed by atoms with Crippen LogP contribution in [0, 0.1) is 0 Å². The van der Waals surface area contributed by atoms with Gasteiger partial charge in [0.15, 0.2) is 0 Å². The highest BCUT2D eigenvalue weighted by Gasteiger charge is 2.21. The zero-order valence-corrected chi connectivity index (χ0v) is 8.68. The largest absolute Gasteiger partial charge is 0.492 e. The third-order valence-corrected chi connectivity index (χ3v) is 2.40. The van der Waals surface area contributed by atoms with Crippen LogP contribution < -0.4 is 10.2 Å². The van der Waals surface area contributed by atoms with Crippen LogP contribution in [0.3, 0.4) is 0 Å². The van der Waals surface area contributed by atoms with E-state index in [4.69, 9.17) is 10.0 Å². The molecule has 0 saturated heterocycles. The Bertz CT molecular complexity index is 531. The van der Waals surface area contributed by atoms with Gasteiger partial charge in [-0.3, -0.25) is 0 Å². The number of hydrogen-bond acceptors (Lipinski definition) is 3.